The summed E-state index contributed by atoms with van der Waals surface area (Å²) < 4.78 is 4.58. The first kappa shape index (κ1) is 61.1. The molecule has 0 bridgehead atoms. The highest BCUT2D eigenvalue weighted by Gasteiger charge is 2.41. The third kappa shape index (κ3) is 14.4. The normalized spacial score (nSPS) is 13.3. The zero-order valence-electron chi connectivity index (χ0n) is 47.6. The molecule has 0 saturated carbocycles. The summed E-state index contributed by atoms with van der Waals surface area (Å²) in [7, 11) is 3.21. The van der Waals surface area contributed by atoms with Crippen LogP contribution in [0.5, 0.6) is 0 Å². The van der Waals surface area contributed by atoms with E-state index in [9.17, 15) is 24.0 Å². The molecular formula is C71H74N4O6S2. The number of ketones is 2. The van der Waals surface area contributed by atoms with Gasteiger partial charge in [-0.05, 0) is 68.5 Å². The van der Waals surface area contributed by atoms with Gasteiger partial charge >= 0.3 is 6.09 Å². The molecule has 426 valence electrons. The number of fused-ring (bicyclic) bond motifs is 3. The van der Waals surface area contributed by atoms with E-state index in [1.807, 2.05) is 147 Å². The first-order valence-electron chi connectivity index (χ1n) is 28.5. The van der Waals surface area contributed by atoms with Crippen LogP contribution in [0.1, 0.15) is 90.0 Å². The molecule has 83 heavy (non-hydrogen) atoms. The average molecular weight is 1140 g/mol. The van der Waals surface area contributed by atoms with Crippen LogP contribution in [0.3, 0.4) is 0 Å². The SMILES string of the molecule is CC[C@H](N)C(=O)C[C@@H](CSC(c1ccccc1)(c1ccccc1)c1ccccc1)C(=O)NC.CC[C@H](NC(=O)OCC1c2ccccc2-c2ccccc21)C(=O)C[C@@H](CSC(c1ccccc1)(c1ccccc1)c1ccccc1)C(=O)NC. The quantitative estimate of drug-likeness (QED) is 0.0409. The Morgan fingerprint density at radius 2 is 0.771 bits per heavy atom. The van der Waals surface area contributed by atoms with Gasteiger partial charge < -0.3 is 26.4 Å². The molecular weight excluding hydrogens is 1070 g/mol. The Balaban J connectivity index is 0.000000237. The van der Waals surface area contributed by atoms with Gasteiger partial charge in [-0.2, -0.15) is 0 Å². The van der Waals surface area contributed by atoms with Gasteiger partial charge in [0.15, 0.2) is 5.78 Å². The highest BCUT2D eigenvalue weighted by Crippen LogP contribution is 2.51. The van der Waals surface area contributed by atoms with Gasteiger partial charge in [0.05, 0.1) is 33.4 Å². The monoisotopic (exact) mass is 1140 g/mol. The number of rotatable bonds is 25. The van der Waals surface area contributed by atoms with Crippen molar-refractivity contribution in [3.05, 3.63) is 275 Å². The van der Waals surface area contributed by atoms with E-state index in [1.54, 1.807) is 37.6 Å². The van der Waals surface area contributed by atoms with E-state index < -0.39 is 39.5 Å². The molecule has 9 rings (SSSR count). The van der Waals surface area contributed by atoms with Crippen molar-refractivity contribution in [3.8, 4) is 11.1 Å². The van der Waals surface area contributed by atoms with Crippen LogP contribution < -0.4 is 21.7 Å². The lowest BCUT2D eigenvalue weighted by Crippen LogP contribution is -2.43. The van der Waals surface area contributed by atoms with E-state index in [2.05, 4.69) is 113 Å². The Morgan fingerprint density at radius 1 is 0.458 bits per heavy atom. The first-order chi connectivity index (χ1) is 40.5. The number of carbonyl (C=O) groups excluding carboxylic acids is 5. The molecule has 8 aromatic rings. The summed E-state index contributed by atoms with van der Waals surface area (Å²) in [5, 5.41) is 8.31. The molecule has 0 radical (unpaired) electrons. The fourth-order valence-electron chi connectivity index (χ4n) is 11.1. The number of thioether (sulfide) groups is 2. The molecule has 1 aliphatic rings. The smallest absolute Gasteiger partial charge is 0.407 e. The Labute approximate surface area is 497 Å². The Morgan fingerprint density at radius 3 is 1.08 bits per heavy atom. The first-order valence-corrected chi connectivity index (χ1v) is 30.4. The lowest BCUT2D eigenvalue weighted by molar-refractivity contribution is -0.129. The molecule has 0 unspecified atom stereocenters. The maximum Gasteiger partial charge on any atom is 0.407 e. The van der Waals surface area contributed by atoms with Crippen LogP contribution in [-0.4, -0.2) is 73.8 Å². The molecule has 0 heterocycles. The summed E-state index contributed by atoms with van der Waals surface area (Å²) in [6, 6.07) is 76.8. The summed E-state index contributed by atoms with van der Waals surface area (Å²) in [5.41, 5.74) is 17.1. The van der Waals surface area contributed by atoms with E-state index in [0.29, 0.717) is 24.3 Å². The molecule has 0 saturated heterocycles. The predicted molar refractivity (Wildman–Crippen MR) is 338 cm³/mol. The van der Waals surface area contributed by atoms with Crippen LogP contribution in [0, 0.1) is 11.8 Å². The second-order valence-electron chi connectivity index (χ2n) is 20.6. The zero-order chi connectivity index (χ0) is 58.6. The molecule has 8 aromatic carbocycles. The van der Waals surface area contributed by atoms with Crippen molar-refractivity contribution in [1.82, 2.24) is 16.0 Å². The van der Waals surface area contributed by atoms with Crippen LogP contribution in [0.15, 0.2) is 231 Å². The summed E-state index contributed by atoms with van der Waals surface area (Å²) in [4.78, 5) is 65.7. The number of nitrogens with one attached hydrogen (secondary N) is 3. The van der Waals surface area contributed by atoms with Crippen LogP contribution >= 0.6 is 23.5 Å². The van der Waals surface area contributed by atoms with Gasteiger partial charge in [-0.1, -0.05) is 244 Å². The lowest BCUT2D eigenvalue weighted by Gasteiger charge is -2.36. The standard InChI is InChI=1S/C43H42N2O4S.C28H32N2O2S/c1-3-39(45-42(48)49-28-38-36-25-15-13-23-34(36)35-24-14-16-26-37(35)38)40(46)27-30(41(47)44-2)29-50-43(31-17-7-4-8-18-31,32-19-9-5-10-20-32)33-21-11-6-12-22-33;1-3-25(29)26(31)19-21(27(32)30-2)20-33-28(22-13-7-4-8-14-22,23-15-9-5-10-16-23)24-17-11-6-12-18-24/h4-26,30,38-39H,3,27-29H2,1-2H3,(H,44,47)(H,45,48);4-18,21,25H,3,19-20,29H2,1-2H3,(H,30,32)/t30-,39-;21-,25-/m00/s1. The van der Waals surface area contributed by atoms with Gasteiger partial charge in [-0.15, -0.1) is 23.5 Å². The molecule has 4 atom stereocenters. The van der Waals surface area contributed by atoms with Gasteiger partial charge in [0.25, 0.3) is 0 Å². The topological polar surface area (TPSA) is 157 Å². The van der Waals surface area contributed by atoms with Gasteiger partial charge in [0.1, 0.15) is 12.4 Å². The van der Waals surface area contributed by atoms with Crippen molar-refractivity contribution in [3.63, 3.8) is 0 Å². The van der Waals surface area contributed by atoms with Gasteiger partial charge in [0.2, 0.25) is 11.8 Å². The highest BCUT2D eigenvalue weighted by atomic mass is 32.2. The minimum Gasteiger partial charge on any atom is -0.449 e. The van der Waals surface area contributed by atoms with Crippen LogP contribution in [-0.2, 0) is 33.4 Å². The minimum atomic E-state index is -0.787. The van der Waals surface area contributed by atoms with E-state index in [4.69, 9.17) is 10.5 Å². The maximum atomic E-state index is 13.8. The van der Waals surface area contributed by atoms with Crippen molar-refractivity contribution < 1.29 is 28.7 Å². The number of Topliss-reactive ketones (excluding diaryl/α,β-unsaturated/α-hetero) is 2. The largest absolute Gasteiger partial charge is 0.449 e. The second-order valence-corrected chi connectivity index (χ2v) is 23.1. The molecule has 0 aliphatic heterocycles. The van der Waals surface area contributed by atoms with Gasteiger partial charge in [-0.25, -0.2) is 4.79 Å². The van der Waals surface area contributed by atoms with Crippen molar-refractivity contribution in [2.45, 2.75) is 67.0 Å². The zero-order valence-corrected chi connectivity index (χ0v) is 49.3. The molecule has 5 N–H and O–H groups in total. The van der Waals surface area contributed by atoms with Crippen LogP contribution in [0.4, 0.5) is 4.79 Å². The van der Waals surface area contributed by atoms with Crippen molar-refractivity contribution in [2.75, 3.05) is 32.2 Å². The predicted octanol–water partition coefficient (Wildman–Crippen LogP) is 13.1. The van der Waals surface area contributed by atoms with Crippen molar-refractivity contribution in [2.24, 2.45) is 17.6 Å². The fourth-order valence-corrected chi connectivity index (χ4v) is 14.3. The van der Waals surface area contributed by atoms with Crippen LogP contribution in [0.2, 0.25) is 0 Å². The fraction of sp³-hybridized carbons (Fsp3) is 0.254. The summed E-state index contributed by atoms with van der Waals surface area (Å²) in [6.45, 7) is 3.89. The van der Waals surface area contributed by atoms with E-state index in [-0.39, 0.29) is 48.7 Å². The number of alkyl carbamates (subject to hydrolysis) is 1. The third-order valence-corrected chi connectivity index (χ3v) is 18.9. The van der Waals surface area contributed by atoms with E-state index in [1.165, 1.54) is 0 Å². The number of ether oxygens (including phenoxy) is 1. The number of benzene rings is 8. The highest BCUT2D eigenvalue weighted by molar-refractivity contribution is 8.00. The molecule has 0 aromatic heterocycles. The van der Waals surface area contributed by atoms with E-state index in [0.717, 1.165) is 55.6 Å². The maximum absolute atomic E-state index is 13.8. The Kier molecular flexibility index (Phi) is 21.9. The van der Waals surface area contributed by atoms with Crippen molar-refractivity contribution in [1.29, 1.82) is 0 Å². The molecule has 1 aliphatic carbocycles. The molecule has 0 fully saturated rings. The van der Waals surface area contributed by atoms with Gasteiger partial charge in [0, 0.05) is 44.4 Å². The van der Waals surface area contributed by atoms with Crippen LogP contribution in [0.25, 0.3) is 11.1 Å². The average Bonchev–Trinajstić information content (AvgIpc) is 2.68. The number of hydrogen-bond donors (Lipinski definition) is 4. The Bertz CT molecular complexity index is 3130. The number of nitrogens with two attached hydrogens (primary N) is 1. The summed E-state index contributed by atoms with van der Waals surface area (Å²) in [6.07, 6.45) is 0.404. The van der Waals surface area contributed by atoms with Crippen molar-refractivity contribution >= 4 is 53.0 Å². The third-order valence-electron chi connectivity index (χ3n) is 15.5. The molecule has 10 nitrogen and oxygen atoms in total. The minimum absolute atomic E-state index is 0.0245. The molecule has 3 amide bonds. The van der Waals surface area contributed by atoms with Gasteiger partial charge in [-0.3, -0.25) is 19.2 Å². The molecule has 0 spiro atoms. The van der Waals surface area contributed by atoms with E-state index >= 15 is 0 Å². The lowest BCUT2D eigenvalue weighted by atomic mass is 9.84. The molecule has 12 heteroatoms. The second kappa shape index (κ2) is 29.8. The number of hydrogen-bond acceptors (Lipinski definition) is 9. The summed E-state index contributed by atoms with van der Waals surface area (Å²) in [5.74, 6) is -0.986. The number of carbonyl (C=O) groups is 5. The summed E-state index contributed by atoms with van der Waals surface area (Å²) >= 11 is 3.33. The Hall–Kier alpha value is -8.03. The number of amides is 3.